The first-order chi connectivity index (χ1) is 8.72. The maximum Gasteiger partial charge on any atom is 0.237 e. The van der Waals surface area contributed by atoms with E-state index in [0.29, 0.717) is 32.8 Å². The molecule has 1 saturated heterocycles. The second-order valence-corrected chi connectivity index (χ2v) is 4.44. The van der Waals surface area contributed by atoms with Gasteiger partial charge in [-0.25, -0.2) is 0 Å². The van der Waals surface area contributed by atoms with Gasteiger partial charge in [0, 0.05) is 19.6 Å². The molecule has 0 aliphatic carbocycles. The van der Waals surface area contributed by atoms with Crippen LogP contribution >= 0.6 is 0 Å². The molecule has 5 nitrogen and oxygen atoms in total. The molecule has 1 heterocycles. The molecule has 0 radical (unpaired) electrons. The van der Waals surface area contributed by atoms with Gasteiger partial charge in [-0.15, -0.1) is 0 Å². The molecule has 0 saturated carbocycles. The molecular formula is C13H19N3O2. The number of nitrogens with zero attached hydrogens (tertiary/aromatic N) is 1. The molecule has 4 N–H and O–H groups in total. The highest BCUT2D eigenvalue weighted by Gasteiger charge is 2.27. The molecule has 0 bridgehead atoms. The van der Waals surface area contributed by atoms with Crippen molar-refractivity contribution in [2.45, 2.75) is 19.1 Å². The molecule has 1 aromatic rings. The molecule has 1 amide bonds. The predicted molar refractivity (Wildman–Crippen MR) is 68.5 cm³/mol. The zero-order valence-electron chi connectivity index (χ0n) is 10.3. The van der Waals surface area contributed by atoms with Crippen molar-refractivity contribution in [2.75, 3.05) is 19.8 Å². The number of nitrogens with two attached hydrogens (primary N) is 2. The first-order valence-electron chi connectivity index (χ1n) is 6.10. The topological polar surface area (TPSA) is 81.6 Å². The van der Waals surface area contributed by atoms with Gasteiger partial charge in [0.05, 0.1) is 13.2 Å². The average molecular weight is 249 g/mol. The van der Waals surface area contributed by atoms with Gasteiger partial charge in [0.15, 0.2) is 0 Å². The number of primary amides is 1. The fraction of sp³-hybridized carbons (Fsp3) is 0.462. The Bertz CT molecular complexity index is 422. The van der Waals surface area contributed by atoms with E-state index in [1.54, 1.807) is 0 Å². The van der Waals surface area contributed by atoms with Crippen LogP contribution in [0.25, 0.3) is 0 Å². The van der Waals surface area contributed by atoms with Crippen molar-refractivity contribution in [2.24, 2.45) is 11.5 Å². The fourth-order valence-corrected chi connectivity index (χ4v) is 2.22. The van der Waals surface area contributed by atoms with Crippen molar-refractivity contribution < 1.29 is 9.53 Å². The Morgan fingerprint density at radius 1 is 1.39 bits per heavy atom. The van der Waals surface area contributed by atoms with Crippen LogP contribution in [0.15, 0.2) is 24.3 Å². The van der Waals surface area contributed by atoms with E-state index in [1.165, 1.54) is 0 Å². The van der Waals surface area contributed by atoms with Crippen molar-refractivity contribution in [3.05, 3.63) is 35.4 Å². The smallest absolute Gasteiger partial charge is 0.237 e. The van der Waals surface area contributed by atoms with Crippen LogP contribution in [0, 0.1) is 0 Å². The first-order valence-corrected chi connectivity index (χ1v) is 6.10. The van der Waals surface area contributed by atoms with Crippen molar-refractivity contribution >= 4 is 5.91 Å². The Morgan fingerprint density at radius 2 is 2.11 bits per heavy atom. The zero-order valence-corrected chi connectivity index (χ0v) is 10.3. The lowest BCUT2D eigenvalue weighted by Gasteiger charge is -2.33. The van der Waals surface area contributed by atoms with Gasteiger partial charge in [-0.3, -0.25) is 9.69 Å². The van der Waals surface area contributed by atoms with Crippen LogP contribution in [0.2, 0.25) is 0 Å². The van der Waals surface area contributed by atoms with E-state index in [9.17, 15) is 4.79 Å². The van der Waals surface area contributed by atoms with Crippen molar-refractivity contribution in [3.63, 3.8) is 0 Å². The summed E-state index contributed by atoms with van der Waals surface area (Å²) in [4.78, 5) is 13.4. The molecule has 1 aromatic carbocycles. The summed E-state index contributed by atoms with van der Waals surface area (Å²) in [5.41, 5.74) is 13.4. The fourth-order valence-electron chi connectivity index (χ4n) is 2.22. The normalized spacial score (nSPS) is 20.8. The van der Waals surface area contributed by atoms with Crippen molar-refractivity contribution in [3.8, 4) is 0 Å². The largest absolute Gasteiger partial charge is 0.378 e. The number of rotatable bonds is 4. The summed E-state index contributed by atoms with van der Waals surface area (Å²) >= 11 is 0. The number of morpholine rings is 1. The Morgan fingerprint density at radius 3 is 2.78 bits per heavy atom. The second kappa shape index (κ2) is 5.95. The summed E-state index contributed by atoms with van der Waals surface area (Å²) < 4.78 is 5.30. The van der Waals surface area contributed by atoms with E-state index in [-0.39, 0.29) is 11.9 Å². The van der Waals surface area contributed by atoms with Crippen molar-refractivity contribution in [1.29, 1.82) is 0 Å². The van der Waals surface area contributed by atoms with Gasteiger partial charge in [0.2, 0.25) is 5.91 Å². The third kappa shape index (κ3) is 2.87. The Hall–Kier alpha value is -1.43. The average Bonchev–Trinajstić information content (AvgIpc) is 2.40. The molecule has 98 valence electrons. The summed E-state index contributed by atoms with van der Waals surface area (Å²) in [6, 6.07) is 7.65. The molecule has 0 spiro atoms. The minimum Gasteiger partial charge on any atom is -0.378 e. The molecule has 1 unspecified atom stereocenters. The zero-order chi connectivity index (χ0) is 13.0. The summed E-state index contributed by atoms with van der Waals surface area (Å²) in [7, 11) is 0. The van der Waals surface area contributed by atoms with Gasteiger partial charge < -0.3 is 16.2 Å². The van der Waals surface area contributed by atoms with E-state index in [2.05, 4.69) is 4.90 Å². The molecular weight excluding hydrogens is 230 g/mol. The van der Waals surface area contributed by atoms with Gasteiger partial charge in [-0.1, -0.05) is 24.3 Å². The van der Waals surface area contributed by atoms with Gasteiger partial charge in [-0.05, 0) is 11.1 Å². The third-order valence-corrected chi connectivity index (χ3v) is 3.28. The minimum absolute atomic E-state index is 0.333. The number of benzene rings is 1. The standard InChI is InChI=1S/C13H19N3O2/c14-7-10-3-1-2-4-11(10)8-16-5-6-18-9-12(16)13(15)17/h1-4,12H,5-9,14H2,(H2,15,17). The first kappa shape index (κ1) is 13.0. The van der Waals surface area contributed by atoms with Crippen LogP contribution in [0.4, 0.5) is 0 Å². The molecule has 2 rings (SSSR count). The predicted octanol–water partition coefficient (Wildman–Crippen LogP) is -0.169. The second-order valence-electron chi connectivity index (χ2n) is 4.44. The SMILES string of the molecule is NCc1ccccc1CN1CCOCC1C(N)=O. The summed E-state index contributed by atoms with van der Waals surface area (Å²) in [6.07, 6.45) is 0. The van der Waals surface area contributed by atoms with Crippen LogP contribution in [-0.2, 0) is 22.6 Å². The molecule has 1 aliphatic rings. The van der Waals surface area contributed by atoms with E-state index in [4.69, 9.17) is 16.2 Å². The quantitative estimate of drug-likeness (QED) is 0.776. The molecule has 0 aromatic heterocycles. The lowest BCUT2D eigenvalue weighted by atomic mass is 10.1. The van der Waals surface area contributed by atoms with Gasteiger partial charge in [0.1, 0.15) is 6.04 Å². The highest BCUT2D eigenvalue weighted by Crippen LogP contribution is 2.15. The van der Waals surface area contributed by atoms with Crippen LogP contribution in [-0.4, -0.2) is 36.6 Å². The summed E-state index contributed by atoms with van der Waals surface area (Å²) in [5, 5.41) is 0. The van der Waals surface area contributed by atoms with Crippen LogP contribution in [0.1, 0.15) is 11.1 Å². The van der Waals surface area contributed by atoms with E-state index < -0.39 is 0 Å². The monoisotopic (exact) mass is 249 g/mol. The number of carbonyl (C=O) groups excluding carboxylic acids is 1. The third-order valence-electron chi connectivity index (χ3n) is 3.28. The number of carbonyl (C=O) groups is 1. The van der Waals surface area contributed by atoms with Crippen LogP contribution in [0.5, 0.6) is 0 Å². The molecule has 5 heteroatoms. The molecule has 1 atom stereocenters. The summed E-state index contributed by atoms with van der Waals surface area (Å²) in [5.74, 6) is -0.333. The van der Waals surface area contributed by atoms with Gasteiger partial charge in [0.25, 0.3) is 0 Å². The number of ether oxygens (including phenoxy) is 1. The van der Waals surface area contributed by atoms with Gasteiger partial charge >= 0.3 is 0 Å². The highest BCUT2D eigenvalue weighted by atomic mass is 16.5. The van der Waals surface area contributed by atoms with E-state index in [1.807, 2.05) is 24.3 Å². The minimum atomic E-state index is -0.343. The highest BCUT2D eigenvalue weighted by molar-refractivity contribution is 5.80. The van der Waals surface area contributed by atoms with Crippen LogP contribution < -0.4 is 11.5 Å². The Labute approximate surface area is 107 Å². The number of hydrogen-bond acceptors (Lipinski definition) is 4. The lowest BCUT2D eigenvalue weighted by Crippen LogP contribution is -2.51. The Balaban J connectivity index is 2.13. The lowest BCUT2D eigenvalue weighted by molar-refractivity contribution is -0.129. The summed E-state index contributed by atoms with van der Waals surface area (Å²) in [6.45, 7) is 2.91. The Kier molecular flexibility index (Phi) is 4.30. The molecule has 18 heavy (non-hydrogen) atoms. The maximum absolute atomic E-state index is 11.4. The molecule has 1 aliphatic heterocycles. The number of amides is 1. The van der Waals surface area contributed by atoms with Crippen LogP contribution in [0.3, 0.4) is 0 Å². The maximum atomic E-state index is 11.4. The molecule has 1 fully saturated rings. The van der Waals surface area contributed by atoms with Crippen molar-refractivity contribution in [1.82, 2.24) is 4.90 Å². The van der Waals surface area contributed by atoms with E-state index >= 15 is 0 Å². The van der Waals surface area contributed by atoms with E-state index in [0.717, 1.165) is 11.1 Å². The number of hydrogen-bond donors (Lipinski definition) is 2. The van der Waals surface area contributed by atoms with Gasteiger partial charge in [-0.2, -0.15) is 0 Å².